The van der Waals surface area contributed by atoms with Crippen LogP contribution in [0.15, 0.2) is 54.6 Å². The second-order valence-electron chi connectivity index (χ2n) is 6.61. The quantitative estimate of drug-likeness (QED) is 0.757. The van der Waals surface area contributed by atoms with E-state index in [0.717, 1.165) is 12.2 Å². The standard InChI is InChI=1S/C21H27N3O2/c1-16(2)24(15-18-7-5-4-6-8-18)14-13-21(26)23-20-11-9-19(10-12-20)22-17(3)25/h4-12,16H,13-15H2,1-3H3,(H,22,25)(H,23,26). The molecule has 2 N–H and O–H groups in total. The zero-order valence-corrected chi connectivity index (χ0v) is 15.7. The molecule has 0 spiro atoms. The summed E-state index contributed by atoms with van der Waals surface area (Å²) >= 11 is 0. The van der Waals surface area contributed by atoms with Crippen molar-refractivity contribution in [3.8, 4) is 0 Å². The van der Waals surface area contributed by atoms with Gasteiger partial charge in [-0.2, -0.15) is 0 Å². The van der Waals surface area contributed by atoms with Crippen molar-refractivity contribution in [2.75, 3.05) is 17.2 Å². The van der Waals surface area contributed by atoms with Gasteiger partial charge >= 0.3 is 0 Å². The molecule has 0 aliphatic heterocycles. The number of nitrogens with zero attached hydrogens (tertiary/aromatic N) is 1. The first-order valence-electron chi connectivity index (χ1n) is 8.89. The third-order valence-corrected chi connectivity index (χ3v) is 4.07. The number of hydrogen-bond donors (Lipinski definition) is 2. The molecule has 0 aliphatic carbocycles. The molecule has 0 heterocycles. The molecule has 0 bridgehead atoms. The van der Waals surface area contributed by atoms with Gasteiger partial charge in [0.2, 0.25) is 11.8 Å². The van der Waals surface area contributed by atoms with Crippen molar-refractivity contribution in [1.82, 2.24) is 4.90 Å². The van der Waals surface area contributed by atoms with E-state index in [1.54, 1.807) is 24.3 Å². The van der Waals surface area contributed by atoms with Crippen LogP contribution in [0.2, 0.25) is 0 Å². The molecule has 2 aromatic rings. The molecular weight excluding hydrogens is 326 g/mol. The molecule has 2 amide bonds. The molecule has 2 rings (SSSR count). The van der Waals surface area contributed by atoms with Crippen molar-refractivity contribution < 1.29 is 9.59 Å². The normalized spacial score (nSPS) is 10.8. The van der Waals surface area contributed by atoms with Crippen molar-refractivity contribution in [2.24, 2.45) is 0 Å². The monoisotopic (exact) mass is 353 g/mol. The molecule has 0 unspecified atom stereocenters. The van der Waals surface area contributed by atoms with Crippen LogP contribution in [0, 0.1) is 0 Å². The van der Waals surface area contributed by atoms with E-state index in [1.165, 1.54) is 12.5 Å². The highest BCUT2D eigenvalue weighted by Gasteiger charge is 2.12. The van der Waals surface area contributed by atoms with Crippen LogP contribution in [0.4, 0.5) is 11.4 Å². The van der Waals surface area contributed by atoms with Crippen LogP contribution in [0.1, 0.15) is 32.8 Å². The highest BCUT2D eigenvalue weighted by atomic mass is 16.2. The number of benzene rings is 2. The molecule has 5 heteroatoms. The number of carbonyl (C=O) groups excluding carboxylic acids is 2. The Morgan fingerprint density at radius 2 is 1.50 bits per heavy atom. The van der Waals surface area contributed by atoms with Crippen LogP contribution in [-0.4, -0.2) is 29.3 Å². The van der Waals surface area contributed by atoms with Gasteiger partial charge in [-0.3, -0.25) is 14.5 Å². The van der Waals surface area contributed by atoms with Crippen molar-refractivity contribution >= 4 is 23.2 Å². The zero-order chi connectivity index (χ0) is 18.9. The van der Waals surface area contributed by atoms with Gasteiger partial charge in [-0.05, 0) is 43.7 Å². The SMILES string of the molecule is CC(=O)Nc1ccc(NC(=O)CCN(Cc2ccccc2)C(C)C)cc1. The van der Waals surface area contributed by atoms with Gasteiger partial charge < -0.3 is 10.6 Å². The van der Waals surface area contributed by atoms with Crippen molar-refractivity contribution in [3.05, 3.63) is 60.2 Å². The summed E-state index contributed by atoms with van der Waals surface area (Å²) in [6, 6.07) is 17.8. The lowest BCUT2D eigenvalue weighted by molar-refractivity contribution is -0.116. The van der Waals surface area contributed by atoms with E-state index < -0.39 is 0 Å². The molecule has 0 saturated heterocycles. The fraction of sp³-hybridized carbons (Fsp3) is 0.333. The Kier molecular flexibility index (Phi) is 7.36. The molecule has 2 aromatic carbocycles. The second-order valence-corrected chi connectivity index (χ2v) is 6.61. The predicted molar refractivity (Wildman–Crippen MR) is 106 cm³/mol. The van der Waals surface area contributed by atoms with Gasteiger partial charge in [-0.25, -0.2) is 0 Å². The highest BCUT2D eigenvalue weighted by molar-refractivity contribution is 5.92. The van der Waals surface area contributed by atoms with Crippen molar-refractivity contribution in [3.63, 3.8) is 0 Å². The van der Waals surface area contributed by atoms with Gasteiger partial charge in [0, 0.05) is 43.9 Å². The Balaban J connectivity index is 1.84. The maximum Gasteiger partial charge on any atom is 0.225 e. The summed E-state index contributed by atoms with van der Waals surface area (Å²) in [5, 5.41) is 5.61. The molecule has 0 aliphatic rings. The Morgan fingerprint density at radius 3 is 2.04 bits per heavy atom. The topological polar surface area (TPSA) is 61.4 Å². The summed E-state index contributed by atoms with van der Waals surface area (Å²) < 4.78 is 0. The average molecular weight is 353 g/mol. The first-order chi connectivity index (χ1) is 12.4. The van der Waals surface area contributed by atoms with Crippen LogP contribution in [-0.2, 0) is 16.1 Å². The summed E-state index contributed by atoms with van der Waals surface area (Å²) in [6.45, 7) is 7.27. The number of anilines is 2. The van der Waals surface area contributed by atoms with Crippen LogP contribution in [0.3, 0.4) is 0 Å². The van der Waals surface area contributed by atoms with Crippen molar-refractivity contribution in [2.45, 2.75) is 39.8 Å². The first kappa shape index (κ1) is 19.7. The minimum absolute atomic E-state index is 0.0176. The van der Waals surface area contributed by atoms with E-state index in [9.17, 15) is 9.59 Å². The molecule has 0 atom stereocenters. The lowest BCUT2D eigenvalue weighted by Crippen LogP contribution is -2.33. The van der Waals surface area contributed by atoms with Gasteiger partial charge in [-0.15, -0.1) is 0 Å². The van der Waals surface area contributed by atoms with Crippen LogP contribution < -0.4 is 10.6 Å². The van der Waals surface area contributed by atoms with Crippen LogP contribution >= 0.6 is 0 Å². The maximum atomic E-state index is 12.2. The zero-order valence-electron chi connectivity index (χ0n) is 15.7. The predicted octanol–water partition coefficient (Wildman–Crippen LogP) is 3.88. The van der Waals surface area contributed by atoms with E-state index in [4.69, 9.17) is 0 Å². The van der Waals surface area contributed by atoms with Gasteiger partial charge in [-0.1, -0.05) is 30.3 Å². The fourth-order valence-corrected chi connectivity index (χ4v) is 2.65. The summed E-state index contributed by atoms with van der Waals surface area (Å²) in [5.74, 6) is -0.134. The van der Waals surface area contributed by atoms with Gasteiger partial charge in [0.05, 0.1) is 0 Å². The molecule has 0 radical (unpaired) electrons. The Hall–Kier alpha value is -2.66. The van der Waals surface area contributed by atoms with E-state index >= 15 is 0 Å². The van der Waals surface area contributed by atoms with Gasteiger partial charge in [0.1, 0.15) is 0 Å². The Bertz CT molecular complexity index is 712. The molecular formula is C21H27N3O2. The smallest absolute Gasteiger partial charge is 0.225 e. The summed E-state index contributed by atoms with van der Waals surface area (Å²) in [5.41, 5.74) is 2.68. The lowest BCUT2D eigenvalue weighted by atomic mass is 10.2. The number of hydrogen-bond acceptors (Lipinski definition) is 3. The third-order valence-electron chi connectivity index (χ3n) is 4.07. The molecule has 0 saturated carbocycles. The van der Waals surface area contributed by atoms with Gasteiger partial charge in [0.25, 0.3) is 0 Å². The minimum atomic E-state index is -0.117. The number of nitrogens with one attached hydrogen (secondary N) is 2. The van der Waals surface area contributed by atoms with E-state index in [0.29, 0.717) is 24.7 Å². The summed E-state index contributed by atoms with van der Waals surface area (Å²) in [6.07, 6.45) is 0.429. The molecule has 138 valence electrons. The Morgan fingerprint density at radius 1 is 0.923 bits per heavy atom. The first-order valence-corrected chi connectivity index (χ1v) is 8.89. The number of rotatable bonds is 8. The van der Waals surface area contributed by atoms with E-state index in [1.807, 2.05) is 18.2 Å². The maximum absolute atomic E-state index is 12.2. The average Bonchev–Trinajstić information content (AvgIpc) is 2.60. The molecule has 0 aromatic heterocycles. The number of amides is 2. The van der Waals surface area contributed by atoms with Crippen LogP contribution in [0.5, 0.6) is 0 Å². The van der Waals surface area contributed by atoms with E-state index in [2.05, 4.69) is 41.5 Å². The second kappa shape index (κ2) is 9.73. The molecule has 26 heavy (non-hydrogen) atoms. The van der Waals surface area contributed by atoms with Gasteiger partial charge in [0.15, 0.2) is 0 Å². The summed E-state index contributed by atoms with van der Waals surface area (Å²) in [7, 11) is 0. The molecule has 0 fully saturated rings. The largest absolute Gasteiger partial charge is 0.326 e. The highest BCUT2D eigenvalue weighted by Crippen LogP contribution is 2.14. The summed E-state index contributed by atoms with van der Waals surface area (Å²) in [4.78, 5) is 25.6. The number of carbonyl (C=O) groups is 2. The lowest BCUT2D eigenvalue weighted by Gasteiger charge is -2.26. The van der Waals surface area contributed by atoms with Crippen molar-refractivity contribution in [1.29, 1.82) is 0 Å². The fourth-order valence-electron chi connectivity index (χ4n) is 2.65. The molecule has 5 nitrogen and oxygen atoms in total. The van der Waals surface area contributed by atoms with E-state index in [-0.39, 0.29) is 11.8 Å². The van der Waals surface area contributed by atoms with Crippen LogP contribution in [0.25, 0.3) is 0 Å². The third kappa shape index (κ3) is 6.69. The Labute approximate surface area is 155 Å². The minimum Gasteiger partial charge on any atom is -0.326 e.